The Morgan fingerprint density at radius 1 is 1.14 bits per heavy atom. The topological polar surface area (TPSA) is 71.8 Å². The molecule has 0 spiro atoms. The summed E-state index contributed by atoms with van der Waals surface area (Å²) >= 11 is 0. The zero-order valence-electron chi connectivity index (χ0n) is 19.7. The van der Waals surface area contributed by atoms with E-state index < -0.39 is 5.60 Å². The molecule has 2 rings (SSSR count). The number of carbonyl (C=O) groups excluding carboxylic acids is 1. The lowest BCUT2D eigenvalue weighted by Crippen LogP contribution is -2.41. The molecule has 1 aromatic heterocycles. The van der Waals surface area contributed by atoms with E-state index in [1.54, 1.807) is 6.20 Å². The highest BCUT2D eigenvalue weighted by atomic mass is 16.7. The maximum absolute atomic E-state index is 11.5. The van der Waals surface area contributed by atoms with Crippen LogP contribution in [0.5, 0.6) is 0 Å². The van der Waals surface area contributed by atoms with Gasteiger partial charge in [0, 0.05) is 31.0 Å². The van der Waals surface area contributed by atoms with Crippen molar-refractivity contribution < 1.29 is 23.6 Å². The summed E-state index contributed by atoms with van der Waals surface area (Å²) in [4.78, 5) is 11.5. The quantitative estimate of drug-likeness (QED) is 0.372. The zero-order valence-corrected chi connectivity index (χ0v) is 19.7. The van der Waals surface area contributed by atoms with E-state index in [2.05, 4.69) is 5.10 Å². The Bertz CT molecular complexity index is 621. The van der Waals surface area contributed by atoms with Gasteiger partial charge in [0.1, 0.15) is 12.2 Å². The van der Waals surface area contributed by atoms with Crippen molar-refractivity contribution in [2.45, 2.75) is 98.5 Å². The molecule has 2 heterocycles. The van der Waals surface area contributed by atoms with Gasteiger partial charge < -0.3 is 18.8 Å². The van der Waals surface area contributed by atoms with Crippen molar-refractivity contribution in [1.82, 2.24) is 9.78 Å². The number of aryl methyl sites for hydroxylation is 1. The molecule has 0 aromatic carbocycles. The van der Waals surface area contributed by atoms with Crippen molar-refractivity contribution in [1.29, 1.82) is 0 Å². The maximum atomic E-state index is 11.5. The Hall–Kier alpha value is -1.38. The fourth-order valence-corrected chi connectivity index (χ4v) is 2.61. The van der Waals surface area contributed by atoms with Crippen molar-refractivity contribution in [3.63, 3.8) is 0 Å². The van der Waals surface area contributed by atoms with Crippen LogP contribution >= 0.6 is 0 Å². The molecule has 7 nitrogen and oxygen atoms in total. The van der Waals surface area contributed by atoms with Gasteiger partial charge in [-0.1, -0.05) is 13.8 Å². The van der Waals surface area contributed by atoms with Gasteiger partial charge in [-0.25, -0.2) is 4.79 Å². The second-order valence-corrected chi connectivity index (χ2v) is 8.97. The third-order valence-electron chi connectivity index (χ3n) is 4.74. The fourth-order valence-electron chi connectivity index (χ4n) is 2.61. The number of rotatable bonds is 8. The van der Waals surface area contributed by atoms with E-state index in [0.717, 1.165) is 24.8 Å². The van der Waals surface area contributed by atoms with E-state index in [9.17, 15) is 4.79 Å². The number of aromatic nitrogens is 2. The van der Waals surface area contributed by atoms with E-state index in [0.29, 0.717) is 6.61 Å². The Morgan fingerprint density at radius 2 is 1.72 bits per heavy atom. The molecule has 29 heavy (non-hydrogen) atoms. The van der Waals surface area contributed by atoms with Crippen molar-refractivity contribution in [3.05, 3.63) is 12.4 Å². The Labute approximate surface area is 176 Å². The van der Waals surface area contributed by atoms with Gasteiger partial charge in [0.25, 0.3) is 0 Å². The predicted octanol–water partition coefficient (Wildman–Crippen LogP) is 3.35. The number of hydrogen-bond acceptors (Lipinski definition) is 6. The molecule has 0 aliphatic carbocycles. The van der Waals surface area contributed by atoms with Crippen LogP contribution in [0.4, 0.5) is 0 Å². The largest absolute Gasteiger partial charge is 0.498 e. The molecule has 1 fully saturated rings. The van der Waals surface area contributed by atoms with Crippen molar-refractivity contribution >= 4 is 18.6 Å². The third kappa shape index (κ3) is 8.11. The summed E-state index contributed by atoms with van der Waals surface area (Å²) in [5.41, 5.74) is -0.263. The number of ether oxygens (including phenoxy) is 2. The van der Waals surface area contributed by atoms with Gasteiger partial charge in [-0.2, -0.15) is 5.10 Å². The third-order valence-corrected chi connectivity index (χ3v) is 4.74. The first-order valence-corrected chi connectivity index (χ1v) is 10.6. The van der Waals surface area contributed by atoms with Crippen LogP contribution in [0.2, 0.25) is 0 Å². The molecule has 0 saturated carbocycles. The molecule has 1 aliphatic heterocycles. The molecule has 166 valence electrons. The highest BCUT2D eigenvalue weighted by Crippen LogP contribution is 2.36. The number of esters is 1. The summed E-state index contributed by atoms with van der Waals surface area (Å²) in [6.45, 7) is 18.9. The van der Waals surface area contributed by atoms with Crippen LogP contribution in [-0.2, 0) is 30.1 Å². The lowest BCUT2D eigenvalue weighted by molar-refractivity contribution is -0.160. The number of hydrogen-bond donors (Lipinski definition) is 0. The minimum absolute atomic E-state index is 0.00881. The van der Waals surface area contributed by atoms with Crippen LogP contribution in [0.25, 0.3) is 0 Å². The van der Waals surface area contributed by atoms with Gasteiger partial charge in [0.05, 0.1) is 11.2 Å². The van der Waals surface area contributed by atoms with Crippen LogP contribution in [-0.4, -0.2) is 52.9 Å². The Morgan fingerprint density at radius 3 is 2.28 bits per heavy atom. The van der Waals surface area contributed by atoms with E-state index in [1.165, 1.54) is 0 Å². The molecule has 0 amide bonds. The predicted molar refractivity (Wildman–Crippen MR) is 115 cm³/mol. The lowest BCUT2D eigenvalue weighted by atomic mass is 9.82. The average Bonchev–Trinajstić information content (AvgIpc) is 3.13. The van der Waals surface area contributed by atoms with Crippen LogP contribution in [0.1, 0.15) is 75.2 Å². The smallest absolute Gasteiger partial charge is 0.458 e. The lowest BCUT2D eigenvalue weighted by Gasteiger charge is -2.32. The minimum Gasteiger partial charge on any atom is -0.458 e. The Kier molecular flexibility index (Phi) is 9.37. The molecule has 1 saturated heterocycles. The van der Waals surface area contributed by atoms with Crippen molar-refractivity contribution in [2.24, 2.45) is 0 Å². The molecule has 0 N–H and O–H groups in total. The Balaban J connectivity index is 0.00000204. The molecular formula is C21H39BN2O5. The van der Waals surface area contributed by atoms with Gasteiger partial charge in [0.15, 0.2) is 0 Å². The summed E-state index contributed by atoms with van der Waals surface area (Å²) in [6, 6.07) is 0. The standard InChI is InChI=1S/C19H33BN2O5.C2H6/c1-17(2,3)25-16(23)14-24-11-9-8-10-22-13-15(12-21-22)20-26-18(4,5)19(6,7)27-20;1-2/h12-13H,8-11,14H2,1-7H3;1-2H3. The highest BCUT2D eigenvalue weighted by molar-refractivity contribution is 6.61. The van der Waals surface area contributed by atoms with E-state index in [1.807, 2.05) is 73.2 Å². The second-order valence-electron chi connectivity index (χ2n) is 8.97. The molecule has 1 aliphatic rings. The molecule has 8 heteroatoms. The number of carbonyl (C=O) groups is 1. The summed E-state index contributed by atoms with van der Waals surface area (Å²) in [5, 5.41) is 4.38. The second kappa shape index (κ2) is 10.6. The zero-order chi connectivity index (χ0) is 22.3. The van der Waals surface area contributed by atoms with Gasteiger partial charge in [-0.15, -0.1) is 0 Å². The normalized spacial score (nSPS) is 17.6. The maximum Gasteiger partial charge on any atom is 0.498 e. The monoisotopic (exact) mass is 410 g/mol. The molecule has 0 radical (unpaired) electrons. The van der Waals surface area contributed by atoms with Gasteiger partial charge in [-0.05, 0) is 61.3 Å². The van der Waals surface area contributed by atoms with Gasteiger partial charge in [-0.3, -0.25) is 4.68 Å². The molecule has 0 bridgehead atoms. The summed E-state index contributed by atoms with van der Waals surface area (Å²) in [7, 11) is -0.388. The van der Waals surface area contributed by atoms with Crippen LogP contribution < -0.4 is 5.46 Å². The minimum atomic E-state index is -0.477. The molecule has 0 unspecified atom stereocenters. The summed E-state index contributed by atoms with van der Waals surface area (Å²) in [5.74, 6) is -0.332. The fraction of sp³-hybridized carbons (Fsp3) is 0.810. The first-order chi connectivity index (χ1) is 13.4. The summed E-state index contributed by atoms with van der Waals surface area (Å²) < 4.78 is 24.5. The average molecular weight is 410 g/mol. The molecule has 0 atom stereocenters. The summed E-state index contributed by atoms with van der Waals surface area (Å²) in [6.07, 6.45) is 5.50. The van der Waals surface area contributed by atoms with Crippen LogP contribution in [0.15, 0.2) is 12.4 Å². The van der Waals surface area contributed by atoms with Crippen LogP contribution in [0.3, 0.4) is 0 Å². The van der Waals surface area contributed by atoms with E-state index in [4.69, 9.17) is 18.8 Å². The van der Waals surface area contributed by atoms with E-state index >= 15 is 0 Å². The van der Waals surface area contributed by atoms with Crippen molar-refractivity contribution in [2.75, 3.05) is 13.2 Å². The molecular weight excluding hydrogens is 371 g/mol. The first kappa shape index (κ1) is 25.7. The highest BCUT2D eigenvalue weighted by Gasteiger charge is 2.52. The molecule has 1 aromatic rings. The van der Waals surface area contributed by atoms with E-state index in [-0.39, 0.29) is 30.9 Å². The van der Waals surface area contributed by atoms with Crippen molar-refractivity contribution in [3.8, 4) is 0 Å². The first-order valence-electron chi connectivity index (χ1n) is 10.6. The SMILES string of the molecule is CC.CC(C)(C)OC(=O)COCCCCn1cc(B2OC(C)(C)C(C)(C)O2)cn1. The van der Waals surface area contributed by atoms with Gasteiger partial charge in [0.2, 0.25) is 0 Å². The number of unbranched alkanes of at least 4 members (excludes halogenated alkanes) is 1. The van der Waals surface area contributed by atoms with Crippen LogP contribution in [0, 0.1) is 0 Å². The number of nitrogens with zero attached hydrogens (tertiary/aromatic N) is 2. The van der Waals surface area contributed by atoms with Gasteiger partial charge >= 0.3 is 13.1 Å².